The molecule has 0 spiro atoms. The topological polar surface area (TPSA) is 86.0 Å². The van der Waals surface area contributed by atoms with Gasteiger partial charge in [0.15, 0.2) is 0 Å². The molecule has 1 aromatic carbocycles. The third-order valence-corrected chi connectivity index (χ3v) is 9.81. The summed E-state index contributed by atoms with van der Waals surface area (Å²) in [6, 6.07) is 6.95. The average molecular weight is 569 g/mol. The number of likely N-dealkylation sites (tertiary alicyclic amines) is 1. The monoisotopic (exact) mass is 568 g/mol. The Morgan fingerprint density at radius 1 is 1.18 bits per heavy atom. The van der Waals surface area contributed by atoms with E-state index in [1.807, 2.05) is 30.5 Å². The summed E-state index contributed by atoms with van der Waals surface area (Å²) in [5.41, 5.74) is 0.00766. The van der Waals surface area contributed by atoms with Gasteiger partial charge in [-0.1, -0.05) is 17.7 Å². The predicted octanol–water partition coefficient (Wildman–Crippen LogP) is 5.88. The molecule has 4 heterocycles. The number of benzene rings is 1. The number of halogens is 2. The normalized spacial score (nSPS) is 26.9. The third kappa shape index (κ3) is 5.26. The number of imidazole rings is 1. The number of aliphatic carboxylic acids is 1. The van der Waals surface area contributed by atoms with E-state index in [2.05, 4.69) is 20.1 Å². The van der Waals surface area contributed by atoms with Gasteiger partial charge in [0, 0.05) is 54.7 Å². The van der Waals surface area contributed by atoms with E-state index in [4.69, 9.17) is 16.6 Å². The number of carboxylic acid groups (broad SMARTS) is 1. The molecule has 0 bridgehead atoms. The minimum absolute atomic E-state index is 0.276. The summed E-state index contributed by atoms with van der Waals surface area (Å²) in [5.74, 6) is 2.67. The quantitative estimate of drug-likeness (QED) is 0.368. The summed E-state index contributed by atoms with van der Waals surface area (Å²) in [6.45, 7) is 7.88. The van der Waals surface area contributed by atoms with Gasteiger partial charge in [0.05, 0.1) is 11.5 Å². The van der Waals surface area contributed by atoms with Gasteiger partial charge in [-0.05, 0) is 82.9 Å². The van der Waals surface area contributed by atoms with E-state index in [-0.39, 0.29) is 11.9 Å². The fraction of sp³-hybridized carbons (Fsp3) is 0.567. The Hall–Kier alpha value is -2.91. The van der Waals surface area contributed by atoms with Gasteiger partial charge in [0.1, 0.15) is 17.5 Å². The molecular formula is C30H38ClFN6O2. The van der Waals surface area contributed by atoms with Gasteiger partial charge in [-0.3, -0.25) is 9.20 Å². The SMILES string of the molecule is C[C@@H](Nc1cc(N2CCC([C@H]3CCCN(C4CC(C)(C(=O)O)C4)C3)CC2)nc2nccn12)c1ccc(Cl)cc1F. The number of aromatic nitrogens is 3. The molecule has 0 amide bonds. The Kier molecular flexibility index (Phi) is 7.38. The number of piperidine rings is 2. The lowest BCUT2D eigenvalue weighted by atomic mass is 9.65. The van der Waals surface area contributed by atoms with Crippen molar-refractivity contribution >= 4 is 35.0 Å². The first-order valence-corrected chi connectivity index (χ1v) is 14.9. The zero-order chi connectivity index (χ0) is 28.0. The number of hydrogen-bond acceptors (Lipinski definition) is 6. The van der Waals surface area contributed by atoms with Gasteiger partial charge in [-0.2, -0.15) is 4.98 Å². The van der Waals surface area contributed by atoms with Crippen LogP contribution in [0.1, 0.15) is 64.0 Å². The first kappa shape index (κ1) is 27.3. The van der Waals surface area contributed by atoms with Gasteiger partial charge in [-0.25, -0.2) is 9.37 Å². The Bertz CT molecular complexity index is 1380. The van der Waals surface area contributed by atoms with Crippen molar-refractivity contribution in [1.29, 1.82) is 0 Å². The average Bonchev–Trinajstić information content (AvgIpc) is 3.40. The molecule has 1 aliphatic carbocycles. The summed E-state index contributed by atoms with van der Waals surface area (Å²) in [6.07, 6.45) is 9.83. The number of rotatable bonds is 7. The minimum Gasteiger partial charge on any atom is -0.481 e. The summed E-state index contributed by atoms with van der Waals surface area (Å²) in [4.78, 5) is 25.7. The minimum atomic E-state index is -0.656. The molecule has 214 valence electrons. The Labute approximate surface area is 239 Å². The summed E-state index contributed by atoms with van der Waals surface area (Å²) < 4.78 is 16.5. The van der Waals surface area contributed by atoms with Crippen molar-refractivity contribution in [3.05, 3.63) is 53.1 Å². The molecule has 6 rings (SSSR count). The Morgan fingerprint density at radius 2 is 1.95 bits per heavy atom. The zero-order valence-electron chi connectivity index (χ0n) is 23.2. The molecule has 0 unspecified atom stereocenters. The van der Waals surface area contributed by atoms with E-state index < -0.39 is 11.4 Å². The van der Waals surface area contributed by atoms with E-state index in [0.29, 0.717) is 34.2 Å². The lowest BCUT2D eigenvalue weighted by Crippen LogP contribution is -2.56. The first-order chi connectivity index (χ1) is 19.2. The molecule has 2 aliphatic heterocycles. The Balaban J connectivity index is 1.10. The number of hydrogen-bond donors (Lipinski definition) is 2. The van der Waals surface area contributed by atoms with Crippen LogP contribution >= 0.6 is 11.6 Å². The van der Waals surface area contributed by atoms with Gasteiger partial charge in [0.2, 0.25) is 5.78 Å². The second kappa shape index (κ2) is 10.8. The third-order valence-electron chi connectivity index (χ3n) is 9.58. The fourth-order valence-electron chi connectivity index (χ4n) is 7.09. The van der Waals surface area contributed by atoms with Crippen LogP contribution in [-0.4, -0.2) is 62.6 Å². The highest BCUT2D eigenvalue weighted by atomic mass is 35.5. The first-order valence-electron chi connectivity index (χ1n) is 14.5. The van der Waals surface area contributed by atoms with Crippen LogP contribution < -0.4 is 10.2 Å². The lowest BCUT2D eigenvalue weighted by molar-refractivity contribution is -0.158. The standard InChI is InChI=1S/C30H38ClFN6O2/c1-19(24-6-5-22(31)14-25(24)32)34-27-15-26(35-29-33-9-13-38(27)29)36-11-7-20(8-12-36)21-4-3-10-37(18-21)23-16-30(2,17-23)28(39)40/h5-6,9,13-15,19-21,23,34H,3-4,7-8,10-12,16-18H2,1-2H3,(H,39,40)/t19-,21+,23?,30?/m1/s1. The maximum atomic E-state index is 14.6. The molecule has 2 atom stereocenters. The maximum Gasteiger partial charge on any atom is 0.309 e. The second-order valence-corrected chi connectivity index (χ2v) is 12.7. The lowest BCUT2D eigenvalue weighted by Gasteiger charge is -2.51. The van der Waals surface area contributed by atoms with Crippen LogP contribution in [0.2, 0.25) is 5.02 Å². The van der Waals surface area contributed by atoms with E-state index >= 15 is 0 Å². The molecule has 2 aromatic heterocycles. The molecule has 3 aliphatic rings. The molecule has 10 heteroatoms. The van der Waals surface area contributed by atoms with Crippen molar-refractivity contribution in [2.24, 2.45) is 17.3 Å². The molecule has 2 saturated heterocycles. The number of fused-ring (bicyclic) bond motifs is 1. The van der Waals surface area contributed by atoms with Crippen LogP contribution in [0.15, 0.2) is 36.7 Å². The number of anilines is 2. The van der Waals surface area contributed by atoms with Crippen molar-refractivity contribution in [1.82, 2.24) is 19.3 Å². The number of carbonyl (C=O) groups is 1. The van der Waals surface area contributed by atoms with Crippen LogP contribution in [0.5, 0.6) is 0 Å². The van der Waals surface area contributed by atoms with Gasteiger partial charge < -0.3 is 20.2 Å². The Morgan fingerprint density at radius 3 is 2.67 bits per heavy atom. The molecule has 0 radical (unpaired) electrons. The smallest absolute Gasteiger partial charge is 0.309 e. The number of carboxylic acids is 1. The molecular weight excluding hydrogens is 531 g/mol. The van der Waals surface area contributed by atoms with Crippen molar-refractivity contribution in [3.8, 4) is 0 Å². The van der Waals surface area contributed by atoms with Crippen molar-refractivity contribution in [3.63, 3.8) is 0 Å². The van der Waals surface area contributed by atoms with Crippen LogP contribution in [0.25, 0.3) is 5.78 Å². The van der Waals surface area contributed by atoms with Crippen LogP contribution in [0, 0.1) is 23.1 Å². The highest BCUT2D eigenvalue weighted by Gasteiger charge is 2.49. The number of nitrogens with zero attached hydrogens (tertiary/aromatic N) is 5. The highest BCUT2D eigenvalue weighted by molar-refractivity contribution is 6.30. The van der Waals surface area contributed by atoms with Gasteiger partial charge >= 0.3 is 5.97 Å². The summed E-state index contributed by atoms with van der Waals surface area (Å²) in [5, 5.41) is 13.3. The maximum absolute atomic E-state index is 14.6. The fourth-order valence-corrected chi connectivity index (χ4v) is 7.25. The highest BCUT2D eigenvalue weighted by Crippen LogP contribution is 2.45. The second-order valence-electron chi connectivity index (χ2n) is 12.3. The van der Waals surface area contributed by atoms with Gasteiger partial charge in [-0.15, -0.1) is 0 Å². The van der Waals surface area contributed by atoms with E-state index in [9.17, 15) is 14.3 Å². The van der Waals surface area contributed by atoms with Crippen molar-refractivity contribution in [2.75, 3.05) is 36.4 Å². The molecule has 1 saturated carbocycles. The van der Waals surface area contributed by atoms with E-state index in [1.165, 1.54) is 18.9 Å². The van der Waals surface area contributed by atoms with Gasteiger partial charge in [0.25, 0.3) is 0 Å². The van der Waals surface area contributed by atoms with Crippen molar-refractivity contribution in [2.45, 2.75) is 64.5 Å². The predicted molar refractivity (Wildman–Crippen MR) is 154 cm³/mol. The van der Waals surface area contributed by atoms with Crippen LogP contribution in [0.4, 0.5) is 16.0 Å². The molecule has 3 fully saturated rings. The largest absolute Gasteiger partial charge is 0.481 e. The molecule has 8 nitrogen and oxygen atoms in total. The number of nitrogens with one attached hydrogen (secondary N) is 1. The van der Waals surface area contributed by atoms with Crippen molar-refractivity contribution < 1.29 is 14.3 Å². The molecule has 3 aromatic rings. The summed E-state index contributed by atoms with van der Waals surface area (Å²) in [7, 11) is 0. The van der Waals surface area contributed by atoms with Crippen LogP contribution in [0.3, 0.4) is 0 Å². The molecule has 2 N–H and O–H groups in total. The summed E-state index contributed by atoms with van der Waals surface area (Å²) >= 11 is 5.95. The van der Waals surface area contributed by atoms with Crippen LogP contribution in [-0.2, 0) is 4.79 Å². The zero-order valence-corrected chi connectivity index (χ0v) is 23.9. The molecule has 40 heavy (non-hydrogen) atoms. The van der Waals surface area contributed by atoms with E-state index in [1.54, 1.807) is 18.3 Å². The van der Waals surface area contributed by atoms with E-state index in [0.717, 1.165) is 63.5 Å².